The Labute approximate surface area is 102 Å². The number of rotatable bonds is 6. The summed E-state index contributed by atoms with van der Waals surface area (Å²) in [7, 11) is 0. The van der Waals surface area contributed by atoms with Crippen molar-refractivity contribution in [2.45, 2.75) is 39.2 Å². The maximum atomic E-state index is 11.8. The Kier molecular flexibility index (Phi) is 5.40. The Bertz CT molecular complexity index is 373. The average Bonchev–Trinajstić information content (AvgIpc) is 2.36. The summed E-state index contributed by atoms with van der Waals surface area (Å²) in [6.45, 7) is 3.78. The third-order valence-electron chi connectivity index (χ3n) is 2.64. The largest absolute Gasteiger partial charge is 0.343 e. The van der Waals surface area contributed by atoms with E-state index in [9.17, 15) is 9.59 Å². The highest BCUT2D eigenvalue weighted by atomic mass is 16.2. The minimum Gasteiger partial charge on any atom is -0.343 e. The molecule has 0 spiro atoms. The van der Waals surface area contributed by atoms with Crippen LogP contribution in [0.4, 0.5) is 0 Å². The summed E-state index contributed by atoms with van der Waals surface area (Å²) in [5.41, 5.74) is 0.586. The first-order valence-electron chi connectivity index (χ1n) is 6.03. The van der Waals surface area contributed by atoms with Crippen molar-refractivity contribution >= 4 is 11.7 Å². The van der Waals surface area contributed by atoms with Crippen LogP contribution in [0.3, 0.4) is 0 Å². The second kappa shape index (κ2) is 6.84. The van der Waals surface area contributed by atoms with Gasteiger partial charge in [-0.2, -0.15) is 0 Å². The maximum Gasteiger partial charge on any atom is 0.251 e. The summed E-state index contributed by atoms with van der Waals surface area (Å²) in [6.07, 6.45) is 2.40. The number of carbonyl (C=O) groups excluding carboxylic acids is 2. The van der Waals surface area contributed by atoms with E-state index in [1.807, 2.05) is 13.0 Å². The van der Waals surface area contributed by atoms with Crippen LogP contribution in [0, 0.1) is 0 Å². The molecule has 0 aliphatic heterocycles. The van der Waals surface area contributed by atoms with Crippen LogP contribution in [0.2, 0.25) is 0 Å². The zero-order chi connectivity index (χ0) is 12.7. The van der Waals surface area contributed by atoms with Gasteiger partial charge in [-0.25, -0.2) is 0 Å². The van der Waals surface area contributed by atoms with E-state index in [1.54, 1.807) is 31.2 Å². The van der Waals surface area contributed by atoms with Crippen molar-refractivity contribution < 1.29 is 9.59 Å². The van der Waals surface area contributed by atoms with Gasteiger partial charge < -0.3 is 5.32 Å². The van der Waals surface area contributed by atoms with Crippen LogP contribution in [0.5, 0.6) is 0 Å². The number of amides is 1. The number of unbranched alkanes of at least 4 members (excludes halogenated alkanes) is 1. The standard InChI is InChI=1S/C14H19NO2/c1-3-4-10-13(16)11(2)15-14(17)12-8-6-5-7-9-12/h5-9,11H,3-4,10H2,1-2H3,(H,15,17)/t11-/m1/s1. The van der Waals surface area contributed by atoms with Crippen molar-refractivity contribution in [1.82, 2.24) is 5.32 Å². The van der Waals surface area contributed by atoms with E-state index in [0.717, 1.165) is 12.8 Å². The van der Waals surface area contributed by atoms with Gasteiger partial charge in [0.05, 0.1) is 6.04 Å². The third kappa shape index (κ3) is 4.39. The molecule has 1 aromatic carbocycles. The molecule has 1 rings (SSSR count). The van der Waals surface area contributed by atoms with Crippen molar-refractivity contribution in [3.63, 3.8) is 0 Å². The molecular formula is C14H19NO2. The molecule has 0 aliphatic rings. The highest BCUT2D eigenvalue weighted by molar-refractivity contribution is 5.97. The molecule has 1 aromatic rings. The quantitative estimate of drug-likeness (QED) is 0.820. The van der Waals surface area contributed by atoms with Crippen molar-refractivity contribution in [2.75, 3.05) is 0 Å². The number of nitrogens with one attached hydrogen (secondary N) is 1. The van der Waals surface area contributed by atoms with Gasteiger partial charge in [-0.3, -0.25) is 9.59 Å². The van der Waals surface area contributed by atoms with Gasteiger partial charge in [-0.15, -0.1) is 0 Å². The van der Waals surface area contributed by atoms with E-state index in [1.165, 1.54) is 0 Å². The van der Waals surface area contributed by atoms with Gasteiger partial charge in [0.2, 0.25) is 0 Å². The van der Waals surface area contributed by atoms with Crippen LogP contribution >= 0.6 is 0 Å². The zero-order valence-electron chi connectivity index (χ0n) is 10.4. The number of hydrogen-bond acceptors (Lipinski definition) is 2. The fourth-order valence-corrected chi connectivity index (χ4v) is 1.52. The summed E-state index contributed by atoms with van der Waals surface area (Å²) in [4.78, 5) is 23.4. The molecule has 0 radical (unpaired) electrons. The van der Waals surface area contributed by atoms with Crippen LogP contribution in [-0.4, -0.2) is 17.7 Å². The average molecular weight is 233 g/mol. The molecule has 0 aliphatic carbocycles. The lowest BCUT2D eigenvalue weighted by Crippen LogP contribution is -2.38. The van der Waals surface area contributed by atoms with Crippen LogP contribution in [0.15, 0.2) is 30.3 Å². The number of ketones is 1. The lowest BCUT2D eigenvalue weighted by molar-refractivity contribution is -0.120. The minimum absolute atomic E-state index is 0.0936. The van der Waals surface area contributed by atoms with Gasteiger partial charge in [0.1, 0.15) is 0 Å². The summed E-state index contributed by atoms with van der Waals surface area (Å²) in [5, 5.41) is 2.72. The smallest absolute Gasteiger partial charge is 0.251 e. The highest BCUT2D eigenvalue weighted by Crippen LogP contribution is 2.02. The predicted octanol–water partition coefficient (Wildman–Crippen LogP) is 2.56. The summed E-state index contributed by atoms with van der Waals surface area (Å²) in [5.74, 6) is -0.0981. The molecule has 0 bridgehead atoms. The minimum atomic E-state index is -0.408. The molecule has 0 saturated heterocycles. The number of Topliss-reactive ketones (excluding diaryl/α,β-unsaturated/α-hetero) is 1. The Hall–Kier alpha value is -1.64. The molecule has 17 heavy (non-hydrogen) atoms. The van der Waals surface area contributed by atoms with Gasteiger partial charge in [0, 0.05) is 12.0 Å². The van der Waals surface area contributed by atoms with Crippen LogP contribution in [0.25, 0.3) is 0 Å². The Morgan fingerprint density at radius 1 is 1.24 bits per heavy atom. The summed E-state index contributed by atoms with van der Waals surface area (Å²) in [6, 6.07) is 8.52. The Morgan fingerprint density at radius 3 is 2.47 bits per heavy atom. The van der Waals surface area contributed by atoms with Crippen molar-refractivity contribution in [3.05, 3.63) is 35.9 Å². The number of benzene rings is 1. The SMILES string of the molecule is CCCCC(=O)[C@@H](C)NC(=O)c1ccccc1. The first kappa shape index (κ1) is 13.4. The summed E-state index contributed by atoms with van der Waals surface area (Å²) >= 11 is 0. The van der Waals surface area contributed by atoms with E-state index in [2.05, 4.69) is 5.32 Å². The second-order valence-corrected chi connectivity index (χ2v) is 4.13. The number of hydrogen-bond donors (Lipinski definition) is 1. The Balaban J connectivity index is 2.49. The number of carbonyl (C=O) groups is 2. The van der Waals surface area contributed by atoms with E-state index in [0.29, 0.717) is 12.0 Å². The third-order valence-corrected chi connectivity index (χ3v) is 2.64. The zero-order valence-corrected chi connectivity index (χ0v) is 10.4. The molecule has 0 fully saturated rings. The lowest BCUT2D eigenvalue weighted by Gasteiger charge is -2.12. The second-order valence-electron chi connectivity index (χ2n) is 4.13. The molecular weight excluding hydrogens is 214 g/mol. The molecule has 0 heterocycles. The molecule has 1 N–H and O–H groups in total. The van der Waals surface area contributed by atoms with Crippen LogP contribution < -0.4 is 5.32 Å². The highest BCUT2D eigenvalue weighted by Gasteiger charge is 2.15. The predicted molar refractivity (Wildman–Crippen MR) is 67.9 cm³/mol. The molecule has 1 atom stereocenters. The Morgan fingerprint density at radius 2 is 1.88 bits per heavy atom. The van der Waals surface area contributed by atoms with E-state index in [4.69, 9.17) is 0 Å². The molecule has 0 aromatic heterocycles. The molecule has 0 unspecified atom stereocenters. The van der Waals surface area contributed by atoms with Gasteiger partial charge >= 0.3 is 0 Å². The van der Waals surface area contributed by atoms with Gasteiger partial charge in [-0.1, -0.05) is 31.5 Å². The van der Waals surface area contributed by atoms with Crippen molar-refractivity contribution in [3.8, 4) is 0 Å². The molecule has 92 valence electrons. The molecule has 3 nitrogen and oxygen atoms in total. The topological polar surface area (TPSA) is 46.2 Å². The first-order chi connectivity index (χ1) is 8.15. The fourth-order valence-electron chi connectivity index (χ4n) is 1.52. The van der Waals surface area contributed by atoms with Crippen molar-refractivity contribution in [2.24, 2.45) is 0 Å². The van der Waals surface area contributed by atoms with Gasteiger partial charge in [0.15, 0.2) is 5.78 Å². The lowest BCUT2D eigenvalue weighted by atomic mass is 10.1. The van der Waals surface area contributed by atoms with E-state index in [-0.39, 0.29) is 11.7 Å². The summed E-state index contributed by atoms with van der Waals surface area (Å²) < 4.78 is 0. The normalized spacial score (nSPS) is 11.9. The van der Waals surface area contributed by atoms with Crippen molar-refractivity contribution in [1.29, 1.82) is 0 Å². The van der Waals surface area contributed by atoms with Gasteiger partial charge in [0.25, 0.3) is 5.91 Å². The van der Waals surface area contributed by atoms with Gasteiger partial charge in [-0.05, 0) is 25.5 Å². The fraction of sp³-hybridized carbons (Fsp3) is 0.429. The monoisotopic (exact) mass is 233 g/mol. The first-order valence-corrected chi connectivity index (χ1v) is 6.03. The molecule has 3 heteroatoms. The molecule has 1 amide bonds. The van der Waals surface area contributed by atoms with Crippen LogP contribution in [-0.2, 0) is 4.79 Å². The van der Waals surface area contributed by atoms with Crippen LogP contribution in [0.1, 0.15) is 43.5 Å². The van der Waals surface area contributed by atoms with E-state index < -0.39 is 6.04 Å². The van der Waals surface area contributed by atoms with E-state index >= 15 is 0 Å². The molecule has 0 saturated carbocycles. The maximum absolute atomic E-state index is 11.8.